The first-order chi connectivity index (χ1) is 17.1. The number of benzene rings is 2. The molecule has 0 unspecified atom stereocenters. The third-order valence-corrected chi connectivity index (χ3v) is 7.06. The third-order valence-electron chi connectivity index (χ3n) is 5.35. The molecule has 1 aliphatic heterocycles. The van der Waals surface area contributed by atoms with Gasteiger partial charge in [-0.1, -0.05) is 26.0 Å². The number of thioether (sulfide) groups is 1. The van der Waals surface area contributed by atoms with E-state index in [0.717, 1.165) is 28.6 Å². The van der Waals surface area contributed by atoms with E-state index in [4.69, 9.17) is 14.2 Å². The number of carbonyl (C=O) groups excluding carboxylic acids is 3. The monoisotopic (exact) mass is 625 g/mol. The summed E-state index contributed by atoms with van der Waals surface area (Å²) in [6.07, 6.45) is 1.64. The van der Waals surface area contributed by atoms with Crippen LogP contribution in [0.15, 0.2) is 35.2 Å². The maximum Gasteiger partial charge on any atom is 0.343 e. The Morgan fingerprint density at radius 1 is 1.11 bits per heavy atom. The van der Waals surface area contributed by atoms with Gasteiger partial charge in [0.15, 0.2) is 18.1 Å². The van der Waals surface area contributed by atoms with Crippen molar-refractivity contribution in [2.24, 2.45) is 0 Å². The van der Waals surface area contributed by atoms with Crippen LogP contribution in [0.5, 0.6) is 17.2 Å². The second-order valence-corrected chi connectivity index (χ2v) is 10.4. The molecule has 2 amide bonds. The lowest BCUT2D eigenvalue weighted by molar-refractivity contribution is -0.143. The van der Waals surface area contributed by atoms with Crippen LogP contribution in [0, 0.1) is 10.5 Å². The molecule has 0 aliphatic carbocycles. The van der Waals surface area contributed by atoms with Gasteiger partial charge in [-0.05, 0) is 88.2 Å². The molecular weight excluding hydrogens is 597 g/mol. The van der Waals surface area contributed by atoms with Crippen molar-refractivity contribution < 1.29 is 33.3 Å². The maximum absolute atomic E-state index is 13.0. The largest absolute Gasteiger partial charge is 0.493 e. The van der Waals surface area contributed by atoms with E-state index in [1.807, 2.05) is 25.1 Å². The maximum atomic E-state index is 13.0. The van der Waals surface area contributed by atoms with Gasteiger partial charge in [0.05, 0.1) is 29.2 Å². The minimum Gasteiger partial charge on any atom is -0.493 e. The second-order valence-electron chi connectivity index (χ2n) is 8.28. The Morgan fingerprint density at radius 3 is 2.53 bits per heavy atom. The zero-order chi connectivity index (χ0) is 26.4. The molecule has 0 aromatic heterocycles. The number of ether oxygens (including phenoxy) is 4. The molecule has 0 bridgehead atoms. The van der Waals surface area contributed by atoms with E-state index in [1.165, 1.54) is 19.1 Å². The van der Waals surface area contributed by atoms with Crippen LogP contribution >= 0.6 is 34.4 Å². The number of rotatable bonds is 10. The van der Waals surface area contributed by atoms with Gasteiger partial charge in [-0.3, -0.25) is 14.5 Å². The Morgan fingerprint density at radius 2 is 1.86 bits per heavy atom. The molecule has 1 aliphatic rings. The highest BCUT2D eigenvalue weighted by molar-refractivity contribution is 14.1. The van der Waals surface area contributed by atoms with Gasteiger partial charge in [-0.25, -0.2) is 4.79 Å². The molecule has 1 saturated heterocycles. The number of methoxy groups -OCH3 is 2. The summed E-state index contributed by atoms with van der Waals surface area (Å²) in [5.41, 5.74) is 2.82. The van der Waals surface area contributed by atoms with Gasteiger partial charge in [-0.15, -0.1) is 0 Å². The standard InChI is InChI=1S/C26H28INO7S/c1-15(2)18-7-6-16(3)10-20(18)34-9-8-28-25(30)22(36-26(28)31)13-17-11-19(27)24(21(12-17)32-4)35-14-23(29)33-5/h6-7,10-13,15H,8-9,14H2,1-5H3/b22-13-. The third kappa shape index (κ3) is 6.73. The molecule has 1 fully saturated rings. The number of imide groups is 1. The molecule has 36 heavy (non-hydrogen) atoms. The number of esters is 1. The molecule has 0 atom stereocenters. The fraction of sp³-hybridized carbons (Fsp3) is 0.346. The number of hydrogen-bond donors (Lipinski definition) is 0. The zero-order valence-electron chi connectivity index (χ0n) is 20.8. The van der Waals surface area contributed by atoms with E-state index < -0.39 is 5.97 Å². The number of amides is 2. The molecule has 192 valence electrons. The first kappa shape index (κ1) is 27.9. The smallest absolute Gasteiger partial charge is 0.343 e. The first-order valence-electron chi connectivity index (χ1n) is 11.2. The van der Waals surface area contributed by atoms with Crippen LogP contribution in [0.25, 0.3) is 6.08 Å². The van der Waals surface area contributed by atoms with Crippen LogP contribution in [-0.2, 0) is 14.3 Å². The van der Waals surface area contributed by atoms with E-state index in [2.05, 4.69) is 41.2 Å². The summed E-state index contributed by atoms with van der Waals surface area (Å²) >= 11 is 2.94. The van der Waals surface area contributed by atoms with Gasteiger partial charge in [0.25, 0.3) is 11.1 Å². The average Bonchev–Trinajstić information content (AvgIpc) is 3.09. The first-order valence-corrected chi connectivity index (χ1v) is 13.1. The highest BCUT2D eigenvalue weighted by Crippen LogP contribution is 2.37. The lowest BCUT2D eigenvalue weighted by Gasteiger charge is -2.17. The molecule has 0 N–H and O–H groups in total. The van der Waals surface area contributed by atoms with Gasteiger partial charge in [0.1, 0.15) is 12.4 Å². The van der Waals surface area contributed by atoms with E-state index in [-0.39, 0.29) is 36.8 Å². The zero-order valence-corrected chi connectivity index (χ0v) is 23.7. The van der Waals surface area contributed by atoms with Crippen molar-refractivity contribution in [3.63, 3.8) is 0 Å². The van der Waals surface area contributed by atoms with Crippen LogP contribution in [0.1, 0.15) is 36.5 Å². The fourth-order valence-corrected chi connectivity index (χ4v) is 5.13. The Labute approximate surface area is 228 Å². The van der Waals surface area contributed by atoms with Gasteiger partial charge in [-0.2, -0.15) is 0 Å². The van der Waals surface area contributed by atoms with E-state index >= 15 is 0 Å². The van der Waals surface area contributed by atoms with Crippen LogP contribution in [0.4, 0.5) is 4.79 Å². The highest BCUT2D eigenvalue weighted by atomic mass is 127. The molecule has 0 radical (unpaired) electrons. The Kier molecular flexibility index (Phi) is 9.66. The summed E-state index contributed by atoms with van der Waals surface area (Å²) in [5.74, 6) is 0.951. The van der Waals surface area contributed by atoms with Crippen molar-refractivity contribution in [1.82, 2.24) is 4.90 Å². The highest BCUT2D eigenvalue weighted by Gasteiger charge is 2.35. The molecule has 3 rings (SSSR count). The molecule has 8 nitrogen and oxygen atoms in total. The van der Waals surface area contributed by atoms with Crippen molar-refractivity contribution in [1.29, 1.82) is 0 Å². The Bertz CT molecular complexity index is 1200. The molecule has 0 spiro atoms. The number of halogens is 1. The normalized spacial score (nSPS) is 14.5. The SMILES string of the molecule is COC(=O)COc1c(I)cc(/C=C2\SC(=O)N(CCOc3cc(C)ccc3C(C)C)C2=O)cc1OC. The average molecular weight is 625 g/mol. The van der Waals surface area contributed by atoms with E-state index in [9.17, 15) is 14.4 Å². The van der Waals surface area contributed by atoms with Crippen molar-refractivity contribution in [3.8, 4) is 17.2 Å². The molecule has 10 heteroatoms. The minimum absolute atomic E-state index is 0.147. The van der Waals surface area contributed by atoms with E-state index in [1.54, 1.807) is 18.2 Å². The van der Waals surface area contributed by atoms with E-state index in [0.29, 0.717) is 25.5 Å². The van der Waals surface area contributed by atoms with Gasteiger partial charge < -0.3 is 18.9 Å². The van der Waals surface area contributed by atoms with Crippen molar-refractivity contribution in [2.75, 3.05) is 34.0 Å². The topological polar surface area (TPSA) is 91.4 Å². The van der Waals surface area contributed by atoms with Crippen molar-refractivity contribution in [3.05, 3.63) is 55.5 Å². The summed E-state index contributed by atoms with van der Waals surface area (Å²) in [4.78, 5) is 38.4. The lowest BCUT2D eigenvalue weighted by atomic mass is 10.0. The molecule has 2 aromatic rings. The Hall–Kier alpha value is -2.73. The number of hydrogen-bond acceptors (Lipinski definition) is 8. The molecular formula is C26H28INO7S. The number of nitrogens with zero attached hydrogens (tertiary/aromatic N) is 1. The predicted octanol–water partition coefficient (Wildman–Crippen LogP) is 5.40. The van der Waals surface area contributed by atoms with Gasteiger partial charge in [0, 0.05) is 0 Å². The second kappa shape index (κ2) is 12.5. The number of carbonyl (C=O) groups is 3. The summed E-state index contributed by atoms with van der Waals surface area (Å²) < 4.78 is 22.2. The molecule has 2 aromatic carbocycles. The minimum atomic E-state index is -0.516. The summed E-state index contributed by atoms with van der Waals surface area (Å²) in [6, 6.07) is 9.50. The molecule has 1 heterocycles. The summed E-state index contributed by atoms with van der Waals surface area (Å²) in [7, 11) is 2.76. The summed E-state index contributed by atoms with van der Waals surface area (Å²) in [5, 5.41) is -0.345. The van der Waals surface area contributed by atoms with Crippen LogP contribution in [-0.4, -0.2) is 56.0 Å². The van der Waals surface area contributed by atoms with Gasteiger partial charge in [0.2, 0.25) is 0 Å². The van der Waals surface area contributed by atoms with Crippen LogP contribution in [0.2, 0.25) is 0 Å². The van der Waals surface area contributed by atoms with Crippen molar-refractivity contribution >= 4 is 57.5 Å². The summed E-state index contributed by atoms with van der Waals surface area (Å²) in [6.45, 7) is 6.26. The quantitative estimate of drug-likeness (QED) is 0.197. The Balaban J connectivity index is 1.71. The number of aryl methyl sites for hydroxylation is 1. The molecule has 0 saturated carbocycles. The van der Waals surface area contributed by atoms with Crippen molar-refractivity contribution in [2.45, 2.75) is 26.7 Å². The van der Waals surface area contributed by atoms with Crippen LogP contribution in [0.3, 0.4) is 0 Å². The fourth-order valence-electron chi connectivity index (χ4n) is 3.49. The lowest BCUT2D eigenvalue weighted by Crippen LogP contribution is -2.32. The van der Waals surface area contributed by atoms with Crippen LogP contribution < -0.4 is 14.2 Å². The van der Waals surface area contributed by atoms with Gasteiger partial charge >= 0.3 is 5.97 Å². The predicted molar refractivity (Wildman–Crippen MR) is 147 cm³/mol.